The van der Waals surface area contributed by atoms with Crippen LogP contribution in [0.4, 0.5) is 5.69 Å². The second kappa shape index (κ2) is 13.1. The molecular weight excluding hydrogens is 569 g/mol. The molecule has 0 unspecified atom stereocenters. The highest BCUT2D eigenvalue weighted by molar-refractivity contribution is 7.92. The molecule has 0 bridgehead atoms. The molecule has 0 aliphatic heterocycles. The molecule has 7 nitrogen and oxygen atoms in total. The Morgan fingerprint density at radius 2 is 1.65 bits per heavy atom. The van der Waals surface area contributed by atoms with E-state index in [1.807, 2.05) is 6.07 Å². The summed E-state index contributed by atoms with van der Waals surface area (Å²) in [6.07, 6.45) is 3.90. The first kappa shape index (κ1) is 29.9. The Morgan fingerprint density at radius 1 is 0.975 bits per heavy atom. The zero-order chi connectivity index (χ0) is 28.9. The molecule has 1 N–H and O–H groups in total. The molecule has 3 aromatic rings. The van der Waals surface area contributed by atoms with E-state index < -0.39 is 28.5 Å². The van der Waals surface area contributed by atoms with E-state index in [1.54, 1.807) is 68.4 Å². The summed E-state index contributed by atoms with van der Waals surface area (Å²) in [4.78, 5) is 28.8. The molecule has 0 radical (unpaired) electrons. The molecule has 0 heterocycles. The topological polar surface area (TPSA) is 86.8 Å². The van der Waals surface area contributed by atoms with E-state index in [9.17, 15) is 18.0 Å². The highest BCUT2D eigenvalue weighted by Gasteiger charge is 2.34. The van der Waals surface area contributed by atoms with Gasteiger partial charge in [-0.3, -0.25) is 13.9 Å². The summed E-state index contributed by atoms with van der Waals surface area (Å²) in [5.74, 6) is -0.813. The van der Waals surface area contributed by atoms with Crippen molar-refractivity contribution in [1.82, 2.24) is 10.2 Å². The fraction of sp³-hybridized carbons (Fsp3) is 0.333. The Balaban J connectivity index is 1.71. The van der Waals surface area contributed by atoms with Gasteiger partial charge in [0, 0.05) is 22.6 Å². The average molecular weight is 603 g/mol. The van der Waals surface area contributed by atoms with Gasteiger partial charge in [-0.15, -0.1) is 0 Å². The van der Waals surface area contributed by atoms with Gasteiger partial charge in [0.2, 0.25) is 11.8 Å². The second-order valence-electron chi connectivity index (χ2n) is 10.0. The molecule has 10 heteroatoms. The summed E-state index contributed by atoms with van der Waals surface area (Å²) in [7, 11) is -4.16. The lowest BCUT2D eigenvalue weighted by Gasteiger charge is -2.33. The average Bonchev–Trinajstić information content (AvgIpc) is 3.45. The van der Waals surface area contributed by atoms with Crippen LogP contribution in [-0.2, 0) is 26.2 Å². The van der Waals surface area contributed by atoms with Crippen molar-refractivity contribution in [1.29, 1.82) is 0 Å². The maximum atomic E-state index is 14.0. The Kier molecular flexibility index (Phi) is 9.77. The van der Waals surface area contributed by atoms with Crippen molar-refractivity contribution in [3.63, 3.8) is 0 Å². The molecular formula is C30H33Cl2N3O4S. The normalized spacial score (nSPS) is 14.5. The van der Waals surface area contributed by atoms with E-state index in [0.29, 0.717) is 15.6 Å². The van der Waals surface area contributed by atoms with E-state index in [1.165, 1.54) is 17.0 Å². The fourth-order valence-corrected chi connectivity index (χ4v) is 6.78. The Labute approximate surface area is 246 Å². The molecule has 0 aromatic heterocycles. The quantitative estimate of drug-likeness (QED) is 0.310. The van der Waals surface area contributed by atoms with Gasteiger partial charge < -0.3 is 10.2 Å². The van der Waals surface area contributed by atoms with Gasteiger partial charge in [-0.2, -0.15) is 0 Å². The Bertz CT molecular complexity index is 1460. The van der Waals surface area contributed by atoms with Crippen LogP contribution < -0.4 is 9.62 Å². The Hall–Kier alpha value is -3.07. The van der Waals surface area contributed by atoms with Crippen molar-refractivity contribution in [2.75, 3.05) is 10.8 Å². The molecule has 1 saturated carbocycles. The predicted molar refractivity (Wildman–Crippen MR) is 159 cm³/mol. The van der Waals surface area contributed by atoms with Crippen LogP contribution in [0.1, 0.15) is 43.7 Å². The van der Waals surface area contributed by atoms with E-state index in [2.05, 4.69) is 5.32 Å². The molecule has 1 aliphatic rings. The number of nitrogens with zero attached hydrogens (tertiary/aromatic N) is 2. The maximum Gasteiger partial charge on any atom is 0.264 e. The van der Waals surface area contributed by atoms with Crippen molar-refractivity contribution in [3.05, 3.63) is 94.0 Å². The van der Waals surface area contributed by atoms with E-state index in [0.717, 1.165) is 35.6 Å². The van der Waals surface area contributed by atoms with Crippen LogP contribution in [0.25, 0.3) is 0 Å². The fourth-order valence-electron chi connectivity index (χ4n) is 4.91. The van der Waals surface area contributed by atoms with Crippen LogP contribution in [-0.4, -0.2) is 43.8 Å². The first-order chi connectivity index (χ1) is 19.1. The van der Waals surface area contributed by atoms with Crippen LogP contribution in [0.3, 0.4) is 0 Å². The number of hydrogen-bond acceptors (Lipinski definition) is 4. The lowest BCUT2D eigenvalue weighted by Crippen LogP contribution is -2.52. The molecule has 0 spiro atoms. The van der Waals surface area contributed by atoms with Crippen LogP contribution >= 0.6 is 23.2 Å². The van der Waals surface area contributed by atoms with Gasteiger partial charge in [-0.1, -0.05) is 72.4 Å². The van der Waals surface area contributed by atoms with Crippen LogP contribution in [0.2, 0.25) is 10.0 Å². The van der Waals surface area contributed by atoms with Crippen molar-refractivity contribution >= 4 is 50.7 Å². The number of halogens is 2. The standard InChI is InChI=1S/C30H33Cl2N3O4S/c1-21-27(32)16-9-17-28(21)35(40(38,39)26-14-4-3-5-15-26)20-29(36)34(19-23-10-8-11-24(31)18-23)22(2)30(37)33-25-12-6-7-13-25/h3-5,8-11,14-18,22,25H,6-7,12-13,19-20H2,1-2H3,(H,33,37)/t22-/m1/s1. The minimum atomic E-state index is -4.16. The summed E-state index contributed by atoms with van der Waals surface area (Å²) in [5.41, 5.74) is 1.53. The molecule has 2 amide bonds. The summed E-state index contributed by atoms with van der Waals surface area (Å²) < 4.78 is 28.9. The second-order valence-corrected chi connectivity index (χ2v) is 12.7. The van der Waals surface area contributed by atoms with Crippen molar-refractivity contribution < 1.29 is 18.0 Å². The van der Waals surface area contributed by atoms with Gasteiger partial charge in [0.1, 0.15) is 12.6 Å². The smallest absolute Gasteiger partial charge is 0.264 e. The first-order valence-electron chi connectivity index (χ1n) is 13.2. The Morgan fingerprint density at radius 3 is 2.33 bits per heavy atom. The molecule has 1 atom stereocenters. The number of carbonyl (C=O) groups excluding carboxylic acids is 2. The van der Waals surface area contributed by atoms with Crippen molar-refractivity contribution in [2.24, 2.45) is 0 Å². The van der Waals surface area contributed by atoms with Crippen LogP contribution in [0, 0.1) is 6.92 Å². The first-order valence-corrected chi connectivity index (χ1v) is 15.4. The van der Waals surface area contributed by atoms with Gasteiger partial charge in [0.05, 0.1) is 10.6 Å². The predicted octanol–water partition coefficient (Wildman–Crippen LogP) is 5.97. The number of benzene rings is 3. The maximum absolute atomic E-state index is 14.0. The van der Waals surface area contributed by atoms with Crippen molar-refractivity contribution in [3.8, 4) is 0 Å². The monoisotopic (exact) mass is 601 g/mol. The molecule has 3 aromatic carbocycles. The minimum Gasteiger partial charge on any atom is -0.352 e. The number of sulfonamides is 1. The number of amides is 2. The summed E-state index contributed by atoms with van der Waals surface area (Å²) in [6, 6.07) is 19.1. The van der Waals surface area contributed by atoms with Crippen molar-refractivity contribution in [2.45, 2.75) is 63.1 Å². The van der Waals surface area contributed by atoms with E-state index in [-0.39, 0.29) is 29.1 Å². The summed E-state index contributed by atoms with van der Waals surface area (Å²) in [5, 5.41) is 3.93. The third kappa shape index (κ3) is 6.97. The third-order valence-corrected chi connectivity index (χ3v) is 9.65. The molecule has 4 rings (SSSR count). The lowest BCUT2D eigenvalue weighted by molar-refractivity contribution is -0.139. The molecule has 40 heavy (non-hydrogen) atoms. The third-order valence-electron chi connectivity index (χ3n) is 7.23. The molecule has 0 saturated heterocycles. The lowest BCUT2D eigenvalue weighted by atomic mass is 10.1. The zero-order valence-electron chi connectivity index (χ0n) is 22.5. The number of anilines is 1. The molecule has 212 valence electrons. The SMILES string of the molecule is Cc1c(Cl)cccc1N(CC(=O)N(Cc1cccc(Cl)c1)[C@H](C)C(=O)NC1CCCC1)S(=O)(=O)c1ccccc1. The summed E-state index contributed by atoms with van der Waals surface area (Å²) in [6.45, 7) is 2.91. The van der Waals surface area contributed by atoms with Gasteiger partial charge in [-0.05, 0) is 74.2 Å². The minimum absolute atomic E-state index is 0.0376. The zero-order valence-corrected chi connectivity index (χ0v) is 24.8. The molecule has 1 aliphatic carbocycles. The summed E-state index contributed by atoms with van der Waals surface area (Å²) >= 11 is 12.6. The molecule has 1 fully saturated rings. The van der Waals surface area contributed by atoms with Gasteiger partial charge in [0.15, 0.2) is 0 Å². The van der Waals surface area contributed by atoms with Crippen LogP contribution in [0.15, 0.2) is 77.7 Å². The highest BCUT2D eigenvalue weighted by Crippen LogP contribution is 2.31. The number of rotatable bonds is 10. The number of nitrogens with one attached hydrogen (secondary N) is 1. The van der Waals surface area contributed by atoms with Gasteiger partial charge in [0.25, 0.3) is 10.0 Å². The highest BCUT2D eigenvalue weighted by atomic mass is 35.5. The largest absolute Gasteiger partial charge is 0.352 e. The van der Waals surface area contributed by atoms with E-state index >= 15 is 0 Å². The number of carbonyl (C=O) groups is 2. The van der Waals surface area contributed by atoms with E-state index in [4.69, 9.17) is 23.2 Å². The van der Waals surface area contributed by atoms with Gasteiger partial charge >= 0.3 is 0 Å². The van der Waals surface area contributed by atoms with Gasteiger partial charge in [-0.25, -0.2) is 8.42 Å². The van der Waals surface area contributed by atoms with Crippen LogP contribution in [0.5, 0.6) is 0 Å². The number of hydrogen-bond donors (Lipinski definition) is 1.